The van der Waals surface area contributed by atoms with Gasteiger partial charge in [-0.25, -0.2) is 0 Å². The Hall–Kier alpha value is -2.22. The van der Waals surface area contributed by atoms with E-state index >= 15 is 0 Å². The molecular weight excluding hydrogens is 424 g/mol. The largest absolute Gasteiger partial charge is 0.353 e. The Morgan fingerprint density at radius 2 is 1.09 bits per heavy atom. The van der Waals surface area contributed by atoms with Crippen LogP contribution in [0.4, 0.5) is 0 Å². The van der Waals surface area contributed by atoms with Crippen LogP contribution in [0.1, 0.15) is 108 Å². The van der Waals surface area contributed by atoms with Crippen molar-refractivity contribution in [1.82, 2.24) is 9.80 Å². The Morgan fingerprint density at radius 3 is 1.63 bits per heavy atom. The van der Waals surface area contributed by atoms with Gasteiger partial charge >= 0.3 is 0 Å². The fraction of sp³-hybridized carbons (Fsp3) is 0.576. The second-order valence-electron chi connectivity index (χ2n) is 10.4. The van der Waals surface area contributed by atoms with Gasteiger partial charge in [0.25, 0.3) is 0 Å². The van der Waals surface area contributed by atoms with Crippen LogP contribution in [0.2, 0.25) is 0 Å². The average Bonchev–Trinajstić information content (AvgIpc) is 3.22. The van der Waals surface area contributed by atoms with Crippen molar-refractivity contribution in [3.8, 4) is 0 Å². The summed E-state index contributed by atoms with van der Waals surface area (Å²) in [5.41, 5.74) is 2.87. The van der Waals surface area contributed by atoms with E-state index in [9.17, 15) is 0 Å². The van der Waals surface area contributed by atoms with Crippen molar-refractivity contribution in [1.29, 1.82) is 0 Å². The molecule has 192 valence electrons. The molecule has 0 aromatic heterocycles. The molecule has 0 amide bonds. The lowest BCUT2D eigenvalue weighted by Gasteiger charge is -2.51. The third kappa shape index (κ3) is 7.38. The highest BCUT2D eigenvalue weighted by atomic mass is 15.4. The standard InChI is InChI=1S/C33H50N2/c1-4-7-9-11-12-20-26-35-28-27-34(25-19-10-8-5-2)33(35,29-30-21-15-13-16-22-30)32(6-3)31-23-17-14-18-24-31/h13-18,21-24,27-28,32H,4-12,19-20,25-26,29H2,1-3H3. The number of benzene rings is 2. The smallest absolute Gasteiger partial charge is 0.123 e. The van der Waals surface area contributed by atoms with Crippen molar-refractivity contribution in [2.45, 2.75) is 109 Å². The molecule has 0 spiro atoms. The maximum atomic E-state index is 2.74. The van der Waals surface area contributed by atoms with E-state index in [0.717, 1.165) is 25.9 Å². The zero-order chi connectivity index (χ0) is 24.8. The Morgan fingerprint density at radius 1 is 0.600 bits per heavy atom. The Bertz CT molecular complexity index is 831. The number of unbranched alkanes of at least 4 members (excludes halogenated alkanes) is 8. The molecule has 3 rings (SSSR count). The fourth-order valence-electron chi connectivity index (χ4n) is 6.03. The van der Waals surface area contributed by atoms with Gasteiger partial charge in [-0.05, 0) is 30.4 Å². The van der Waals surface area contributed by atoms with Crippen LogP contribution in [0.3, 0.4) is 0 Å². The quantitative estimate of drug-likeness (QED) is 0.211. The third-order valence-electron chi connectivity index (χ3n) is 7.90. The third-order valence-corrected chi connectivity index (χ3v) is 7.90. The monoisotopic (exact) mass is 474 g/mol. The summed E-state index contributed by atoms with van der Waals surface area (Å²) in [6.45, 7) is 9.28. The van der Waals surface area contributed by atoms with Crippen molar-refractivity contribution in [3.63, 3.8) is 0 Å². The number of hydrogen-bond acceptors (Lipinski definition) is 2. The molecule has 0 saturated heterocycles. The zero-order valence-corrected chi connectivity index (χ0v) is 22.8. The molecule has 1 aliphatic heterocycles. The first kappa shape index (κ1) is 27.4. The van der Waals surface area contributed by atoms with Gasteiger partial charge in [-0.1, -0.05) is 133 Å². The summed E-state index contributed by atoms with van der Waals surface area (Å²) in [6.07, 6.45) is 20.3. The van der Waals surface area contributed by atoms with Gasteiger partial charge in [-0.3, -0.25) is 0 Å². The van der Waals surface area contributed by atoms with Gasteiger partial charge in [0.1, 0.15) is 5.66 Å². The van der Waals surface area contributed by atoms with Crippen LogP contribution in [0, 0.1) is 0 Å². The van der Waals surface area contributed by atoms with Crippen molar-refractivity contribution in [2.75, 3.05) is 13.1 Å². The summed E-state index contributed by atoms with van der Waals surface area (Å²) in [7, 11) is 0. The second kappa shape index (κ2) is 15.0. The van der Waals surface area contributed by atoms with Gasteiger partial charge in [-0.2, -0.15) is 0 Å². The average molecular weight is 475 g/mol. The van der Waals surface area contributed by atoms with Crippen LogP contribution in [0.5, 0.6) is 0 Å². The fourth-order valence-corrected chi connectivity index (χ4v) is 6.03. The molecule has 1 heterocycles. The molecule has 2 atom stereocenters. The predicted octanol–water partition coefficient (Wildman–Crippen LogP) is 9.15. The van der Waals surface area contributed by atoms with E-state index in [4.69, 9.17) is 0 Å². The van der Waals surface area contributed by atoms with Crippen LogP contribution >= 0.6 is 0 Å². The molecule has 0 fully saturated rings. The molecule has 0 bridgehead atoms. The predicted molar refractivity (Wildman–Crippen MR) is 152 cm³/mol. The van der Waals surface area contributed by atoms with Gasteiger partial charge < -0.3 is 9.80 Å². The lowest BCUT2D eigenvalue weighted by molar-refractivity contribution is -0.00377. The van der Waals surface area contributed by atoms with Gasteiger partial charge in [-0.15, -0.1) is 0 Å². The Kier molecular flexibility index (Phi) is 11.7. The number of nitrogens with zero attached hydrogens (tertiary/aromatic N) is 2. The summed E-state index contributed by atoms with van der Waals surface area (Å²) >= 11 is 0. The highest BCUT2D eigenvalue weighted by Gasteiger charge is 2.49. The zero-order valence-electron chi connectivity index (χ0n) is 22.8. The highest BCUT2D eigenvalue weighted by molar-refractivity contribution is 5.30. The summed E-state index contributed by atoms with van der Waals surface area (Å²) < 4.78 is 0. The molecule has 2 aromatic carbocycles. The van der Waals surface area contributed by atoms with E-state index < -0.39 is 0 Å². The molecule has 0 saturated carbocycles. The van der Waals surface area contributed by atoms with Gasteiger partial charge in [0, 0.05) is 37.8 Å². The van der Waals surface area contributed by atoms with Crippen LogP contribution < -0.4 is 0 Å². The summed E-state index contributed by atoms with van der Waals surface area (Å²) in [5, 5.41) is 0. The first-order valence-electron chi connectivity index (χ1n) is 14.6. The SMILES string of the molecule is CCCCCCCCN1C=CN(CCCCCC)C1(Cc1ccccc1)C(CC)c1ccccc1. The molecule has 35 heavy (non-hydrogen) atoms. The van der Waals surface area contributed by atoms with Gasteiger partial charge in [0.05, 0.1) is 0 Å². The number of rotatable bonds is 17. The van der Waals surface area contributed by atoms with E-state index in [-0.39, 0.29) is 5.66 Å². The van der Waals surface area contributed by atoms with Crippen molar-refractivity contribution in [2.24, 2.45) is 0 Å². The molecule has 2 nitrogen and oxygen atoms in total. The summed E-state index contributed by atoms with van der Waals surface area (Å²) in [4.78, 5) is 5.47. The minimum Gasteiger partial charge on any atom is -0.353 e. The van der Waals surface area contributed by atoms with Gasteiger partial charge in [0.2, 0.25) is 0 Å². The van der Waals surface area contributed by atoms with E-state index in [1.165, 1.54) is 75.3 Å². The second-order valence-corrected chi connectivity index (χ2v) is 10.4. The molecule has 2 unspecified atom stereocenters. The van der Waals surface area contributed by atoms with E-state index in [1.54, 1.807) is 0 Å². The van der Waals surface area contributed by atoms with Crippen molar-refractivity contribution in [3.05, 3.63) is 84.2 Å². The van der Waals surface area contributed by atoms with Crippen molar-refractivity contribution < 1.29 is 0 Å². The molecular formula is C33H50N2. The lowest BCUT2D eigenvalue weighted by atomic mass is 9.78. The van der Waals surface area contributed by atoms with E-state index in [2.05, 4.69) is 104 Å². The van der Waals surface area contributed by atoms with Gasteiger partial charge in [0.15, 0.2) is 0 Å². The normalized spacial score (nSPS) is 18.4. The van der Waals surface area contributed by atoms with E-state index in [1.807, 2.05) is 0 Å². The van der Waals surface area contributed by atoms with Crippen LogP contribution in [0.15, 0.2) is 73.1 Å². The lowest BCUT2D eigenvalue weighted by Crippen LogP contribution is -2.59. The molecule has 0 aliphatic carbocycles. The highest BCUT2D eigenvalue weighted by Crippen LogP contribution is 2.45. The van der Waals surface area contributed by atoms with Crippen LogP contribution in [-0.2, 0) is 6.42 Å². The maximum Gasteiger partial charge on any atom is 0.123 e. The van der Waals surface area contributed by atoms with Crippen LogP contribution in [-0.4, -0.2) is 28.6 Å². The topological polar surface area (TPSA) is 6.48 Å². The Labute approximate surface area is 216 Å². The number of hydrogen-bond donors (Lipinski definition) is 0. The Balaban J connectivity index is 1.92. The molecule has 0 N–H and O–H groups in total. The van der Waals surface area contributed by atoms with E-state index in [0.29, 0.717) is 5.92 Å². The molecule has 1 aliphatic rings. The minimum atomic E-state index is -0.0485. The summed E-state index contributed by atoms with van der Waals surface area (Å²) in [6, 6.07) is 22.5. The first-order valence-corrected chi connectivity index (χ1v) is 14.6. The summed E-state index contributed by atoms with van der Waals surface area (Å²) in [5.74, 6) is 0.449. The minimum absolute atomic E-state index is 0.0485. The maximum absolute atomic E-state index is 2.74. The molecule has 2 aromatic rings. The van der Waals surface area contributed by atoms with Crippen molar-refractivity contribution >= 4 is 0 Å². The first-order chi connectivity index (χ1) is 17.3. The van der Waals surface area contributed by atoms with Crippen LogP contribution in [0.25, 0.3) is 0 Å². The molecule has 2 heteroatoms. The molecule has 0 radical (unpaired) electrons.